The summed E-state index contributed by atoms with van der Waals surface area (Å²) in [5, 5.41) is 13.0. The molecule has 5 heteroatoms. The molecule has 0 bridgehead atoms. The van der Waals surface area contributed by atoms with Crippen LogP contribution in [0.1, 0.15) is 63.5 Å². The van der Waals surface area contributed by atoms with Gasteiger partial charge in [0.25, 0.3) is 0 Å². The van der Waals surface area contributed by atoms with Crippen molar-refractivity contribution in [2.45, 2.75) is 69.4 Å². The molecule has 1 aromatic rings. The summed E-state index contributed by atoms with van der Waals surface area (Å²) >= 11 is 0. The Hall–Kier alpha value is -1.20. The van der Waals surface area contributed by atoms with Gasteiger partial charge >= 0.3 is 0 Å². The Morgan fingerprint density at radius 1 is 1.26 bits per heavy atom. The van der Waals surface area contributed by atoms with Gasteiger partial charge in [0.15, 0.2) is 0 Å². The maximum atomic E-state index is 9.48. The molecule has 2 aliphatic rings. The molecule has 0 atom stereocenters. The molecule has 128 valence electrons. The number of nitrogens with zero attached hydrogens (tertiary/aromatic N) is 3. The fourth-order valence-corrected chi connectivity index (χ4v) is 4.02. The normalized spacial score (nSPS) is 26.8. The van der Waals surface area contributed by atoms with Crippen LogP contribution in [0.5, 0.6) is 0 Å². The molecule has 2 fully saturated rings. The van der Waals surface area contributed by atoms with E-state index in [0.29, 0.717) is 5.92 Å². The smallest absolute Gasteiger partial charge is 0.129 e. The second-order valence-corrected chi connectivity index (χ2v) is 7.30. The molecule has 23 heavy (non-hydrogen) atoms. The van der Waals surface area contributed by atoms with E-state index in [9.17, 15) is 5.11 Å². The molecule has 1 heterocycles. The van der Waals surface area contributed by atoms with Crippen LogP contribution in [0.2, 0.25) is 0 Å². The van der Waals surface area contributed by atoms with Crippen molar-refractivity contribution in [1.82, 2.24) is 14.9 Å². The lowest BCUT2D eigenvalue weighted by Crippen LogP contribution is -2.52. The van der Waals surface area contributed by atoms with Crippen molar-refractivity contribution in [3.8, 4) is 0 Å². The Bertz CT molecular complexity index is 509. The highest BCUT2D eigenvalue weighted by atomic mass is 16.3. The van der Waals surface area contributed by atoms with Gasteiger partial charge in [-0.05, 0) is 39.3 Å². The number of hydrogen-bond donors (Lipinski definition) is 2. The van der Waals surface area contributed by atoms with E-state index in [1.807, 2.05) is 0 Å². The molecular weight excluding hydrogens is 288 g/mol. The summed E-state index contributed by atoms with van der Waals surface area (Å²) in [7, 11) is 2.24. The molecule has 0 aromatic carbocycles. The lowest BCUT2D eigenvalue weighted by molar-refractivity contribution is 0.0732. The number of nitrogens with one attached hydrogen (secondary N) is 1. The number of aliphatic hydroxyl groups is 1. The first-order valence-electron chi connectivity index (χ1n) is 9.08. The Balaban J connectivity index is 1.65. The minimum atomic E-state index is -0.143. The Morgan fingerprint density at radius 3 is 2.65 bits per heavy atom. The molecule has 2 aliphatic carbocycles. The second kappa shape index (κ2) is 7.14. The van der Waals surface area contributed by atoms with Crippen molar-refractivity contribution in [2.24, 2.45) is 0 Å². The minimum absolute atomic E-state index is 0.143. The molecule has 0 radical (unpaired) electrons. The van der Waals surface area contributed by atoms with Crippen LogP contribution in [-0.2, 0) is 0 Å². The van der Waals surface area contributed by atoms with Crippen molar-refractivity contribution >= 4 is 5.82 Å². The fraction of sp³-hybridized carbons (Fsp3) is 0.778. The van der Waals surface area contributed by atoms with Crippen molar-refractivity contribution < 1.29 is 5.11 Å². The number of hydrogen-bond acceptors (Lipinski definition) is 5. The van der Waals surface area contributed by atoms with Gasteiger partial charge in [-0.1, -0.05) is 26.2 Å². The van der Waals surface area contributed by atoms with Crippen LogP contribution in [0.3, 0.4) is 0 Å². The van der Waals surface area contributed by atoms with Crippen molar-refractivity contribution in [3.05, 3.63) is 18.1 Å². The van der Waals surface area contributed by atoms with Gasteiger partial charge in [0.05, 0.1) is 6.10 Å². The van der Waals surface area contributed by atoms with Gasteiger partial charge in [-0.3, -0.25) is 4.90 Å². The third-order valence-corrected chi connectivity index (χ3v) is 5.89. The predicted molar refractivity (Wildman–Crippen MR) is 92.6 cm³/mol. The van der Waals surface area contributed by atoms with E-state index in [1.54, 1.807) is 6.33 Å². The summed E-state index contributed by atoms with van der Waals surface area (Å²) in [4.78, 5) is 11.3. The molecule has 2 saturated carbocycles. The topological polar surface area (TPSA) is 61.3 Å². The second-order valence-electron chi connectivity index (χ2n) is 7.30. The highest BCUT2D eigenvalue weighted by Gasteiger charge is 2.35. The highest BCUT2D eigenvalue weighted by Crippen LogP contribution is 2.36. The first-order valence-corrected chi connectivity index (χ1v) is 9.08. The van der Waals surface area contributed by atoms with E-state index in [0.717, 1.165) is 37.4 Å². The molecule has 0 aliphatic heterocycles. The van der Waals surface area contributed by atoms with Gasteiger partial charge in [-0.25, -0.2) is 9.97 Å². The zero-order valence-corrected chi connectivity index (χ0v) is 14.5. The van der Waals surface area contributed by atoms with Crippen LogP contribution in [0.25, 0.3) is 0 Å². The highest BCUT2D eigenvalue weighted by molar-refractivity contribution is 5.37. The Kier molecular flexibility index (Phi) is 5.17. The summed E-state index contributed by atoms with van der Waals surface area (Å²) in [5.74, 6) is 1.32. The molecule has 2 N–H and O–H groups in total. The summed E-state index contributed by atoms with van der Waals surface area (Å²) in [6, 6.07) is 2.07. The van der Waals surface area contributed by atoms with Crippen LogP contribution >= 0.6 is 0 Å². The van der Waals surface area contributed by atoms with Crippen LogP contribution in [-0.4, -0.2) is 51.8 Å². The van der Waals surface area contributed by atoms with E-state index in [2.05, 4.69) is 40.2 Å². The minimum Gasteiger partial charge on any atom is -0.393 e. The van der Waals surface area contributed by atoms with Crippen LogP contribution in [0.15, 0.2) is 12.4 Å². The van der Waals surface area contributed by atoms with E-state index in [-0.39, 0.29) is 11.6 Å². The molecule has 0 amide bonds. The van der Waals surface area contributed by atoms with Crippen LogP contribution in [0, 0.1) is 0 Å². The molecule has 0 saturated heterocycles. The molecular formula is C18H30N4O. The number of likely N-dealkylation sites (N-methyl/N-ethyl adjacent to an activating group) is 1. The summed E-state index contributed by atoms with van der Waals surface area (Å²) in [6.45, 7) is 4.26. The van der Waals surface area contributed by atoms with E-state index in [4.69, 9.17) is 0 Å². The van der Waals surface area contributed by atoms with Crippen LogP contribution < -0.4 is 5.32 Å². The largest absolute Gasteiger partial charge is 0.393 e. The van der Waals surface area contributed by atoms with Gasteiger partial charge in [0, 0.05) is 29.8 Å². The average Bonchev–Trinajstić information content (AvgIpc) is 2.57. The fourth-order valence-electron chi connectivity index (χ4n) is 4.02. The van der Waals surface area contributed by atoms with Crippen molar-refractivity contribution in [1.29, 1.82) is 0 Å². The lowest BCUT2D eigenvalue weighted by atomic mass is 9.80. The Morgan fingerprint density at radius 2 is 2.00 bits per heavy atom. The average molecular weight is 318 g/mol. The van der Waals surface area contributed by atoms with Gasteiger partial charge in [0.2, 0.25) is 0 Å². The lowest BCUT2D eigenvalue weighted by Gasteiger charge is -2.44. The maximum absolute atomic E-state index is 9.48. The summed E-state index contributed by atoms with van der Waals surface area (Å²) in [5.41, 5.74) is 1.32. The van der Waals surface area contributed by atoms with Gasteiger partial charge in [-0.15, -0.1) is 0 Å². The molecule has 5 nitrogen and oxygen atoms in total. The van der Waals surface area contributed by atoms with E-state index < -0.39 is 0 Å². The zero-order chi connectivity index (χ0) is 16.3. The quantitative estimate of drug-likeness (QED) is 0.844. The number of aliphatic hydroxyl groups excluding tert-OH is 1. The predicted octanol–water partition coefficient (Wildman–Crippen LogP) is 2.78. The first kappa shape index (κ1) is 16.7. The monoisotopic (exact) mass is 318 g/mol. The number of anilines is 1. The maximum Gasteiger partial charge on any atom is 0.129 e. The zero-order valence-electron chi connectivity index (χ0n) is 14.5. The third-order valence-electron chi connectivity index (χ3n) is 5.89. The van der Waals surface area contributed by atoms with E-state index >= 15 is 0 Å². The molecule has 0 unspecified atom stereocenters. The SMILES string of the molecule is CCN(C)C1(CNc2cc(C3CC(O)C3)ncn2)CCCCC1. The van der Waals surface area contributed by atoms with Gasteiger partial charge in [0.1, 0.15) is 12.1 Å². The summed E-state index contributed by atoms with van der Waals surface area (Å²) < 4.78 is 0. The van der Waals surface area contributed by atoms with Crippen molar-refractivity contribution in [3.63, 3.8) is 0 Å². The molecule has 3 rings (SSSR count). The molecule has 0 spiro atoms. The Labute approximate surface area is 139 Å². The molecule has 1 aromatic heterocycles. The van der Waals surface area contributed by atoms with E-state index in [1.165, 1.54) is 32.1 Å². The standard InChI is InChI=1S/C18H30N4O/c1-3-22(2)18(7-5-4-6-8-18)12-19-17-11-16(20-13-21-17)14-9-15(23)10-14/h11,13-15,23H,3-10,12H2,1-2H3,(H,19,20,21). The number of aromatic nitrogens is 2. The van der Waals surface area contributed by atoms with Gasteiger partial charge in [-0.2, -0.15) is 0 Å². The summed E-state index contributed by atoms with van der Waals surface area (Å²) in [6.07, 6.45) is 9.70. The first-order chi connectivity index (χ1) is 11.1. The van der Waals surface area contributed by atoms with Crippen molar-refractivity contribution in [2.75, 3.05) is 25.5 Å². The third kappa shape index (κ3) is 3.66. The van der Waals surface area contributed by atoms with Crippen LogP contribution in [0.4, 0.5) is 5.82 Å². The number of rotatable bonds is 6. The van der Waals surface area contributed by atoms with Gasteiger partial charge < -0.3 is 10.4 Å².